The first-order valence-corrected chi connectivity index (χ1v) is 7.26. The van der Waals surface area contributed by atoms with E-state index >= 15 is 0 Å². The van der Waals surface area contributed by atoms with Crippen molar-refractivity contribution >= 4 is 39.1 Å². The van der Waals surface area contributed by atoms with E-state index in [1.807, 2.05) is 18.2 Å². The molecule has 1 N–H and O–H groups in total. The Morgan fingerprint density at radius 3 is 2.55 bits per heavy atom. The molecule has 0 aliphatic rings. The highest BCUT2D eigenvalue weighted by atomic mass is 79.9. The van der Waals surface area contributed by atoms with Crippen LogP contribution in [0.15, 0.2) is 46.9 Å². The molecule has 0 bridgehead atoms. The molecule has 20 heavy (non-hydrogen) atoms. The van der Waals surface area contributed by atoms with Crippen LogP contribution in [0, 0.1) is 0 Å². The van der Waals surface area contributed by atoms with Gasteiger partial charge < -0.3 is 10.1 Å². The Morgan fingerprint density at radius 1 is 1.25 bits per heavy atom. The van der Waals surface area contributed by atoms with Crippen LogP contribution >= 0.6 is 27.5 Å². The smallest absolute Gasteiger partial charge is 0.255 e. The molecule has 2 aromatic carbocycles. The van der Waals surface area contributed by atoms with Crippen LogP contribution in [0.5, 0.6) is 5.75 Å². The number of hydrogen-bond donors (Lipinski definition) is 1. The van der Waals surface area contributed by atoms with Gasteiger partial charge in [0.05, 0.1) is 12.8 Å². The number of carbonyl (C=O) groups excluding carboxylic acids is 1. The third kappa shape index (κ3) is 3.52. The van der Waals surface area contributed by atoms with E-state index in [-0.39, 0.29) is 5.91 Å². The Kier molecular flexibility index (Phi) is 5.04. The fraction of sp³-hybridized carbons (Fsp3) is 0.133. The van der Waals surface area contributed by atoms with Crippen LogP contribution in [-0.4, -0.2) is 13.0 Å². The number of anilines is 1. The molecule has 2 rings (SSSR count). The maximum absolute atomic E-state index is 12.2. The lowest BCUT2D eigenvalue weighted by atomic mass is 10.1. The van der Waals surface area contributed by atoms with Crippen molar-refractivity contribution in [3.8, 4) is 5.75 Å². The molecule has 104 valence electrons. The van der Waals surface area contributed by atoms with Crippen LogP contribution in [0.25, 0.3) is 0 Å². The van der Waals surface area contributed by atoms with Crippen LogP contribution in [0.4, 0.5) is 5.69 Å². The van der Waals surface area contributed by atoms with Gasteiger partial charge in [0, 0.05) is 15.9 Å². The van der Waals surface area contributed by atoms with Crippen molar-refractivity contribution in [3.63, 3.8) is 0 Å². The minimum atomic E-state index is -0.192. The van der Waals surface area contributed by atoms with Crippen molar-refractivity contribution in [3.05, 3.63) is 58.1 Å². The molecule has 0 unspecified atom stereocenters. The van der Waals surface area contributed by atoms with Crippen molar-refractivity contribution in [2.24, 2.45) is 0 Å². The molecule has 0 atom stereocenters. The van der Waals surface area contributed by atoms with E-state index in [2.05, 4.69) is 21.2 Å². The second-order valence-corrected chi connectivity index (χ2v) is 5.31. The average Bonchev–Trinajstić information content (AvgIpc) is 2.47. The van der Waals surface area contributed by atoms with E-state index in [1.165, 1.54) is 0 Å². The Labute approximate surface area is 131 Å². The molecule has 5 heteroatoms. The first-order valence-electron chi connectivity index (χ1n) is 5.94. The Balaban J connectivity index is 2.20. The molecular formula is C15H13BrClNO2. The quantitative estimate of drug-likeness (QED) is 0.824. The number of benzene rings is 2. The monoisotopic (exact) mass is 353 g/mol. The summed E-state index contributed by atoms with van der Waals surface area (Å²) in [6.07, 6.45) is 0. The second kappa shape index (κ2) is 6.77. The number of rotatable bonds is 4. The molecule has 0 aliphatic carbocycles. The van der Waals surface area contributed by atoms with Gasteiger partial charge in [0.1, 0.15) is 5.75 Å². The summed E-state index contributed by atoms with van der Waals surface area (Å²) < 4.78 is 6.09. The predicted octanol–water partition coefficient (Wildman–Crippen LogP) is 4.45. The zero-order chi connectivity index (χ0) is 14.5. The van der Waals surface area contributed by atoms with E-state index < -0.39 is 0 Å². The lowest BCUT2D eigenvalue weighted by molar-refractivity contribution is 0.102. The van der Waals surface area contributed by atoms with Crippen molar-refractivity contribution in [2.45, 2.75) is 5.88 Å². The van der Waals surface area contributed by atoms with Gasteiger partial charge in [-0.3, -0.25) is 4.79 Å². The third-order valence-corrected chi connectivity index (χ3v) is 3.58. The van der Waals surface area contributed by atoms with Gasteiger partial charge in [-0.05, 0) is 35.9 Å². The third-order valence-electron chi connectivity index (χ3n) is 2.78. The zero-order valence-corrected chi connectivity index (χ0v) is 13.2. The van der Waals surface area contributed by atoms with Crippen LogP contribution in [-0.2, 0) is 5.88 Å². The standard InChI is InChI=1S/C15H13BrClNO2/c1-20-14-7-6-12(16)8-13(14)18-15(19)11-4-2-10(9-17)3-5-11/h2-8H,9H2,1H3,(H,18,19). The number of halogens is 2. The highest BCUT2D eigenvalue weighted by Crippen LogP contribution is 2.28. The maximum atomic E-state index is 12.2. The van der Waals surface area contributed by atoms with Gasteiger partial charge in [0.2, 0.25) is 0 Å². The normalized spacial score (nSPS) is 10.2. The van der Waals surface area contributed by atoms with Crippen LogP contribution < -0.4 is 10.1 Å². The number of alkyl halides is 1. The number of carbonyl (C=O) groups is 1. The maximum Gasteiger partial charge on any atom is 0.255 e. The van der Waals surface area contributed by atoms with Crippen molar-refractivity contribution in [2.75, 3.05) is 12.4 Å². The molecule has 0 heterocycles. The number of hydrogen-bond acceptors (Lipinski definition) is 2. The number of nitrogens with one attached hydrogen (secondary N) is 1. The first-order chi connectivity index (χ1) is 9.63. The van der Waals surface area contributed by atoms with Gasteiger partial charge >= 0.3 is 0 Å². The number of ether oxygens (including phenoxy) is 1. The largest absolute Gasteiger partial charge is 0.495 e. The fourth-order valence-corrected chi connectivity index (χ4v) is 2.26. The van der Waals surface area contributed by atoms with Gasteiger partial charge in [-0.2, -0.15) is 0 Å². The lowest BCUT2D eigenvalue weighted by Gasteiger charge is -2.10. The SMILES string of the molecule is COc1ccc(Br)cc1NC(=O)c1ccc(CCl)cc1. The van der Waals surface area contributed by atoms with Crippen molar-refractivity contribution < 1.29 is 9.53 Å². The van der Waals surface area contributed by atoms with Crippen LogP contribution in [0.2, 0.25) is 0 Å². The summed E-state index contributed by atoms with van der Waals surface area (Å²) in [7, 11) is 1.56. The highest BCUT2D eigenvalue weighted by Gasteiger charge is 2.10. The molecule has 1 amide bonds. The van der Waals surface area contributed by atoms with Gasteiger partial charge in [-0.15, -0.1) is 11.6 Å². The molecule has 0 aliphatic heterocycles. The van der Waals surface area contributed by atoms with Gasteiger partial charge in [-0.1, -0.05) is 28.1 Å². The molecule has 0 saturated heterocycles. The fourth-order valence-electron chi connectivity index (χ4n) is 1.72. The van der Waals surface area contributed by atoms with Gasteiger partial charge in [0.25, 0.3) is 5.91 Å². The highest BCUT2D eigenvalue weighted by molar-refractivity contribution is 9.10. The molecule has 0 aromatic heterocycles. The Morgan fingerprint density at radius 2 is 1.95 bits per heavy atom. The minimum Gasteiger partial charge on any atom is -0.495 e. The lowest BCUT2D eigenvalue weighted by Crippen LogP contribution is -2.12. The Hall–Kier alpha value is -1.52. The molecular weight excluding hydrogens is 342 g/mol. The van der Waals surface area contributed by atoms with Gasteiger partial charge in [0.15, 0.2) is 0 Å². The summed E-state index contributed by atoms with van der Waals surface area (Å²) in [5.74, 6) is 0.850. The summed E-state index contributed by atoms with van der Waals surface area (Å²) in [5.41, 5.74) is 2.16. The summed E-state index contributed by atoms with van der Waals surface area (Å²) in [6, 6.07) is 12.6. The average molecular weight is 355 g/mol. The number of amides is 1. The topological polar surface area (TPSA) is 38.3 Å². The van der Waals surface area contributed by atoms with E-state index in [9.17, 15) is 4.79 Å². The second-order valence-electron chi connectivity index (χ2n) is 4.13. The first kappa shape index (κ1) is 14.9. The summed E-state index contributed by atoms with van der Waals surface area (Å²) in [4.78, 5) is 12.2. The molecule has 3 nitrogen and oxygen atoms in total. The summed E-state index contributed by atoms with van der Waals surface area (Å²) in [5, 5.41) is 2.83. The van der Waals surface area contributed by atoms with E-state index in [4.69, 9.17) is 16.3 Å². The van der Waals surface area contributed by atoms with Gasteiger partial charge in [-0.25, -0.2) is 0 Å². The number of methoxy groups -OCH3 is 1. The van der Waals surface area contributed by atoms with Crippen molar-refractivity contribution in [1.82, 2.24) is 0 Å². The molecule has 0 radical (unpaired) electrons. The minimum absolute atomic E-state index is 0.192. The zero-order valence-electron chi connectivity index (χ0n) is 10.8. The molecule has 0 saturated carbocycles. The summed E-state index contributed by atoms with van der Waals surface area (Å²) >= 11 is 9.09. The van der Waals surface area contributed by atoms with E-state index in [0.717, 1.165) is 10.0 Å². The predicted molar refractivity (Wildman–Crippen MR) is 84.6 cm³/mol. The van der Waals surface area contributed by atoms with E-state index in [0.29, 0.717) is 22.9 Å². The van der Waals surface area contributed by atoms with E-state index in [1.54, 1.807) is 31.4 Å². The molecule has 2 aromatic rings. The van der Waals surface area contributed by atoms with Crippen LogP contribution in [0.3, 0.4) is 0 Å². The molecule has 0 fully saturated rings. The summed E-state index contributed by atoms with van der Waals surface area (Å²) in [6.45, 7) is 0. The molecule has 0 spiro atoms. The Bertz CT molecular complexity index is 614. The van der Waals surface area contributed by atoms with Crippen molar-refractivity contribution in [1.29, 1.82) is 0 Å². The van der Waals surface area contributed by atoms with Crippen LogP contribution in [0.1, 0.15) is 15.9 Å².